The van der Waals surface area contributed by atoms with E-state index in [1.807, 2.05) is 0 Å². The molecule has 6 nitrogen and oxygen atoms in total. The lowest BCUT2D eigenvalue weighted by atomic mass is 10.0. The number of hydrogen-bond acceptors (Lipinski definition) is 4. The van der Waals surface area contributed by atoms with Gasteiger partial charge in [-0.25, -0.2) is 17.2 Å². The fourth-order valence-corrected chi connectivity index (χ4v) is 4.83. The Balaban J connectivity index is 2.03. The lowest BCUT2D eigenvalue weighted by Crippen LogP contribution is -2.37. The summed E-state index contributed by atoms with van der Waals surface area (Å²) in [5.74, 6) is -0.0692. The monoisotopic (exact) mass is 360 g/mol. The molecule has 0 saturated heterocycles. The topological polar surface area (TPSA) is 77.9 Å². The maximum Gasteiger partial charge on any atom is 0.252 e. The Morgan fingerprint density at radius 2 is 2.00 bits per heavy atom. The number of benzene rings is 1. The molecule has 0 saturated carbocycles. The van der Waals surface area contributed by atoms with E-state index in [0.29, 0.717) is 22.8 Å². The molecule has 2 aliphatic heterocycles. The summed E-state index contributed by atoms with van der Waals surface area (Å²) >= 11 is 0. The average molecular weight is 360 g/mol. The largest absolute Gasteiger partial charge is 0.395 e. The van der Waals surface area contributed by atoms with Gasteiger partial charge in [0, 0.05) is 13.1 Å². The molecular weight excluding hydrogens is 342 g/mol. The van der Waals surface area contributed by atoms with Crippen LogP contribution in [0.1, 0.15) is 17.5 Å². The average Bonchev–Trinajstić information content (AvgIpc) is 2.84. The molecule has 1 N–H and O–H groups in total. The van der Waals surface area contributed by atoms with Gasteiger partial charge in [-0.1, -0.05) is 0 Å². The van der Waals surface area contributed by atoms with Gasteiger partial charge in [0.05, 0.1) is 30.2 Å². The lowest BCUT2D eigenvalue weighted by Gasteiger charge is -2.27. The summed E-state index contributed by atoms with van der Waals surface area (Å²) in [6, 6.07) is 2.86. The van der Waals surface area contributed by atoms with Crippen molar-refractivity contribution >= 4 is 21.6 Å². The highest BCUT2D eigenvalue weighted by atomic mass is 32.2. The van der Waals surface area contributed by atoms with Crippen LogP contribution in [-0.2, 0) is 27.7 Å². The van der Waals surface area contributed by atoms with Gasteiger partial charge >= 0.3 is 0 Å². The van der Waals surface area contributed by atoms with Crippen molar-refractivity contribution in [3.05, 3.63) is 23.3 Å². The third-order valence-electron chi connectivity index (χ3n) is 4.31. The minimum atomic E-state index is -4.16. The predicted molar refractivity (Wildman–Crippen MR) is 82.7 cm³/mol. The first-order valence-electron chi connectivity index (χ1n) is 7.70. The molecule has 9 heteroatoms. The van der Waals surface area contributed by atoms with Gasteiger partial charge in [-0.3, -0.25) is 4.79 Å². The summed E-state index contributed by atoms with van der Waals surface area (Å²) < 4.78 is 51.4. The van der Waals surface area contributed by atoms with Gasteiger partial charge < -0.3 is 10.0 Å². The predicted octanol–water partition coefficient (Wildman–Crippen LogP) is 0.770. The van der Waals surface area contributed by atoms with E-state index in [4.69, 9.17) is 5.11 Å². The maximum atomic E-state index is 12.7. The lowest BCUT2D eigenvalue weighted by molar-refractivity contribution is -0.117. The summed E-state index contributed by atoms with van der Waals surface area (Å²) in [6.07, 6.45) is -1.33. The van der Waals surface area contributed by atoms with E-state index in [2.05, 4.69) is 0 Å². The number of amides is 1. The Bertz CT molecular complexity index is 767. The van der Waals surface area contributed by atoms with Crippen molar-refractivity contribution in [1.29, 1.82) is 0 Å². The molecule has 132 valence electrons. The van der Waals surface area contributed by atoms with E-state index in [0.717, 1.165) is 17.7 Å². The minimum Gasteiger partial charge on any atom is -0.395 e. The zero-order chi connectivity index (χ0) is 17.5. The Hall–Kier alpha value is -1.58. The molecule has 0 bridgehead atoms. The van der Waals surface area contributed by atoms with Crippen LogP contribution in [0.25, 0.3) is 0 Å². The van der Waals surface area contributed by atoms with E-state index in [9.17, 15) is 22.0 Å². The first-order chi connectivity index (χ1) is 11.3. The molecule has 0 atom stereocenters. The van der Waals surface area contributed by atoms with Gasteiger partial charge in [0.15, 0.2) is 0 Å². The molecule has 3 rings (SSSR count). The maximum absolute atomic E-state index is 12.7. The van der Waals surface area contributed by atoms with Crippen LogP contribution in [0.3, 0.4) is 0 Å². The molecular formula is C15H18F2N2O4S. The van der Waals surface area contributed by atoms with Gasteiger partial charge in [-0.15, -0.1) is 0 Å². The van der Waals surface area contributed by atoms with Gasteiger partial charge in [0.2, 0.25) is 15.9 Å². The van der Waals surface area contributed by atoms with Crippen LogP contribution in [0.5, 0.6) is 0 Å². The summed E-state index contributed by atoms with van der Waals surface area (Å²) in [4.78, 5) is 13.6. The number of sulfonamides is 1. The molecule has 0 aliphatic carbocycles. The van der Waals surface area contributed by atoms with E-state index in [1.165, 1.54) is 12.1 Å². The first kappa shape index (κ1) is 17.2. The summed E-state index contributed by atoms with van der Waals surface area (Å²) in [6.45, 7) is -1.30. The number of nitrogens with zero attached hydrogens (tertiary/aromatic N) is 2. The van der Waals surface area contributed by atoms with Crippen LogP contribution in [0.2, 0.25) is 0 Å². The molecule has 0 spiro atoms. The Kier molecular flexibility index (Phi) is 4.58. The molecule has 0 aromatic heterocycles. The number of hydrogen-bond donors (Lipinski definition) is 1. The third-order valence-corrected chi connectivity index (χ3v) is 6.15. The number of carbonyl (C=O) groups excluding carboxylic acids is 1. The van der Waals surface area contributed by atoms with E-state index < -0.39 is 36.1 Å². The van der Waals surface area contributed by atoms with Crippen molar-refractivity contribution in [2.45, 2.75) is 30.6 Å². The van der Waals surface area contributed by atoms with Crippen LogP contribution in [0, 0.1) is 0 Å². The number of carbonyl (C=O) groups is 1. The number of halogens is 2. The van der Waals surface area contributed by atoms with Crippen molar-refractivity contribution in [3.8, 4) is 0 Å². The minimum absolute atomic E-state index is 0.0692. The molecule has 2 aliphatic rings. The number of aliphatic hydroxyl groups excluding tert-OH is 1. The van der Waals surface area contributed by atoms with Crippen LogP contribution in [-0.4, -0.2) is 56.4 Å². The normalized spacial score (nSPS) is 17.0. The number of anilines is 1. The summed E-state index contributed by atoms with van der Waals surface area (Å²) in [5, 5.41) is 8.99. The molecule has 0 radical (unpaired) electrons. The zero-order valence-electron chi connectivity index (χ0n) is 12.9. The second kappa shape index (κ2) is 6.38. The fraction of sp³-hybridized carbons (Fsp3) is 0.533. The smallest absolute Gasteiger partial charge is 0.252 e. The zero-order valence-corrected chi connectivity index (χ0v) is 13.7. The molecule has 1 aromatic rings. The quantitative estimate of drug-likeness (QED) is 0.813. The second-order valence-electron chi connectivity index (χ2n) is 5.89. The molecule has 1 aromatic carbocycles. The second-order valence-corrected chi connectivity index (χ2v) is 7.83. The summed E-state index contributed by atoms with van der Waals surface area (Å²) in [7, 11) is -4.16. The van der Waals surface area contributed by atoms with Crippen molar-refractivity contribution in [2.24, 2.45) is 0 Å². The van der Waals surface area contributed by atoms with E-state index >= 15 is 0 Å². The van der Waals surface area contributed by atoms with Gasteiger partial charge in [-0.05, 0) is 36.1 Å². The first-order valence-corrected chi connectivity index (χ1v) is 9.14. The highest BCUT2D eigenvalue weighted by Crippen LogP contribution is 2.39. The fourth-order valence-electron chi connectivity index (χ4n) is 3.32. The molecule has 0 fully saturated rings. The Labute approximate surface area is 138 Å². The standard InChI is InChI=1S/C15H18F2N2O4S/c16-13(17)9-18(4-5-20)24(22,23)12-6-10-2-1-3-19-14(21)8-11(7-12)15(10)19/h6-7,13,20H,1-5,8-9H2. The Morgan fingerprint density at radius 3 is 2.67 bits per heavy atom. The molecule has 0 unspecified atom stereocenters. The number of aliphatic hydroxyl groups is 1. The van der Waals surface area contributed by atoms with Crippen molar-refractivity contribution in [3.63, 3.8) is 0 Å². The van der Waals surface area contributed by atoms with Crippen LogP contribution in [0.15, 0.2) is 17.0 Å². The highest BCUT2D eigenvalue weighted by Gasteiger charge is 2.35. The molecule has 1 amide bonds. The van der Waals surface area contributed by atoms with E-state index in [1.54, 1.807) is 4.90 Å². The Morgan fingerprint density at radius 1 is 1.29 bits per heavy atom. The number of rotatable bonds is 6. The van der Waals surface area contributed by atoms with Crippen LogP contribution in [0.4, 0.5) is 14.5 Å². The number of alkyl halides is 2. The van der Waals surface area contributed by atoms with E-state index in [-0.39, 0.29) is 17.2 Å². The molecule has 24 heavy (non-hydrogen) atoms. The third kappa shape index (κ3) is 2.91. The summed E-state index contributed by atoms with van der Waals surface area (Å²) in [5.41, 5.74) is 2.15. The number of aryl methyl sites for hydroxylation is 1. The van der Waals surface area contributed by atoms with Crippen LogP contribution < -0.4 is 4.90 Å². The highest BCUT2D eigenvalue weighted by molar-refractivity contribution is 7.89. The van der Waals surface area contributed by atoms with Gasteiger partial charge in [0.1, 0.15) is 0 Å². The van der Waals surface area contributed by atoms with Crippen LogP contribution >= 0.6 is 0 Å². The van der Waals surface area contributed by atoms with Crippen molar-refractivity contribution in [1.82, 2.24) is 4.31 Å². The van der Waals surface area contributed by atoms with Gasteiger partial charge in [0.25, 0.3) is 6.43 Å². The van der Waals surface area contributed by atoms with Gasteiger partial charge in [-0.2, -0.15) is 4.31 Å². The van der Waals surface area contributed by atoms with Crippen molar-refractivity contribution in [2.75, 3.05) is 31.1 Å². The SMILES string of the molecule is O=C1Cc2cc(S(=O)(=O)N(CCO)CC(F)F)cc3c2N1CCC3. The molecule has 2 heterocycles. The van der Waals surface area contributed by atoms with Crippen molar-refractivity contribution < 1.29 is 27.1 Å².